The van der Waals surface area contributed by atoms with Gasteiger partial charge in [-0.15, -0.1) is 0 Å². The van der Waals surface area contributed by atoms with Gasteiger partial charge in [-0.05, 0) is 0 Å². The molecule has 0 saturated carbocycles. The van der Waals surface area contributed by atoms with Crippen molar-refractivity contribution in [3.63, 3.8) is 0 Å². The summed E-state index contributed by atoms with van der Waals surface area (Å²) in [7, 11) is -1.61. The van der Waals surface area contributed by atoms with Gasteiger partial charge in [-0.3, -0.25) is 0 Å². The predicted molar refractivity (Wildman–Crippen MR) is 45.5 cm³/mol. The molecule has 0 aromatic rings. The lowest BCUT2D eigenvalue weighted by molar-refractivity contribution is 0.320. The second-order valence-electron chi connectivity index (χ2n) is 3.23. The van der Waals surface area contributed by atoms with Gasteiger partial charge in [0.1, 0.15) is 8.07 Å². The first-order chi connectivity index (χ1) is 4.68. The van der Waals surface area contributed by atoms with E-state index in [1.54, 1.807) is 0 Å². The summed E-state index contributed by atoms with van der Waals surface area (Å²) in [6, 6.07) is 1.05. The second-order valence-corrected chi connectivity index (χ2v) is 7.98. The Labute approximate surface area is 63.9 Å². The van der Waals surface area contributed by atoms with Gasteiger partial charge in [0, 0.05) is 12.5 Å². The Morgan fingerprint density at radius 3 is 2.00 bits per heavy atom. The summed E-state index contributed by atoms with van der Waals surface area (Å²) in [4.78, 5) is 0. The van der Waals surface area contributed by atoms with E-state index in [9.17, 15) is 0 Å². The first-order valence-corrected chi connectivity index (χ1v) is 7.02. The fraction of sp³-hybridized carbons (Fsp3) is 1.00. The minimum atomic E-state index is -1.61. The fourth-order valence-electron chi connectivity index (χ4n) is 0.812. The van der Waals surface area contributed by atoms with E-state index in [0.717, 1.165) is 18.9 Å². The van der Waals surface area contributed by atoms with Crippen molar-refractivity contribution in [2.24, 2.45) is 0 Å². The third-order valence-electron chi connectivity index (χ3n) is 1.90. The molecule has 10 heavy (non-hydrogen) atoms. The van der Waals surface area contributed by atoms with E-state index in [4.69, 9.17) is 10.2 Å². The second kappa shape index (κ2) is 4.88. The maximum Gasteiger partial charge on any atom is 0.109 e. The fourth-order valence-corrected chi connectivity index (χ4v) is 2.44. The van der Waals surface area contributed by atoms with Crippen LogP contribution in [0.1, 0.15) is 19.8 Å². The first kappa shape index (κ1) is 10.1. The van der Waals surface area contributed by atoms with Crippen LogP contribution in [-0.4, -0.2) is 30.7 Å². The van der Waals surface area contributed by atoms with Crippen molar-refractivity contribution in [1.29, 1.82) is 0 Å². The summed E-state index contributed by atoms with van der Waals surface area (Å²) in [6.45, 7) is 4.17. The maximum atomic E-state index is 8.91. The summed E-state index contributed by atoms with van der Waals surface area (Å²) in [6.07, 6.45) is 2.75. The van der Waals surface area contributed by atoms with Crippen LogP contribution in [-0.2, 0) is 0 Å². The number of hydrogen-bond acceptors (Lipinski definition) is 2. The molecule has 0 saturated heterocycles. The van der Waals surface area contributed by atoms with Gasteiger partial charge in [0.15, 0.2) is 0 Å². The Hall–Kier alpha value is 0.137. The van der Waals surface area contributed by atoms with Crippen LogP contribution in [0.3, 0.4) is 0 Å². The normalized spacial score (nSPS) is 12.0. The molecule has 0 amide bonds. The van der Waals surface area contributed by atoms with Gasteiger partial charge in [0.25, 0.3) is 0 Å². The van der Waals surface area contributed by atoms with Crippen molar-refractivity contribution in [1.82, 2.24) is 0 Å². The monoisotopic (exact) mass is 162 g/mol. The van der Waals surface area contributed by atoms with Crippen molar-refractivity contribution in [3.05, 3.63) is 0 Å². The van der Waals surface area contributed by atoms with E-state index in [-0.39, 0.29) is 12.5 Å². The number of aliphatic hydroxyl groups excluding tert-OH is 2. The highest BCUT2D eigenvalue weighted by atomic mass is 28.3. The summed E-state index contributed by atoms with van der Waals surface area (Å²) in [5, 5.41) is 17.8. The average Bonchev–Trinajstić information content (AvgIpc) is 2.00. The molecule has 2 N–H and O–H groups in total. The van der Waals surface area contributed by atoms with Gasteiger partial charge < -0.3 is 10.2 Å². The molecule has 0 atom stereocenters. The summed E-state index contributed by atoms with van der Waals surface area (Å²) in [5.41, 5.74) is 0. The van der Waals surface area contributed by atoms with Gasteiger partial charge in [0.2, 0.25) is 0 Å². The number of aliphatic hydroxyl groups is 2. The van der Waals surface area contributed by atoms with E-state index in [0.29, 0.717) is 0 Å². The molecule has 62 valence electrons. The molecule has 0 spiro atoms. The zero-order chi connectivity index (χ0) is 8.04. The zero-order valence-electron chi connectivity index (χ0n) is 6.93. The Morgan fingerprint density at radius 2 is 1.70 bits per heavy atom. The van der Waals surface area contributed by atoms with Crippen LogP contribution in [0.15, 0.2) is 0 Å². The van der Waals surface area contributed by atoms with E-state index in [2.05, 4.69) is 6.92 Å². The van der Waals surface area contributed by atoms with E-state index in [1.165, 1.54) is 0 Å². The van der Waals surface area contributed by atoms with Crippen molar-refractivity contribution >= 4 is 8.07 Å². The molecule has 0 aromatic carbocycles. The standard InChI is InChI=1S/C7H18O2Si/c1-3-4-5-10(2,6-8)7-9/h8-9H,3-7H2,1-2H3. The predicted octanol–water partition coefficient (Wildman–Crippen LogP) is 0.928. The smallest absolute Gasteiger partial charge is 0.109 e. The summed E-state index contributed by atoms with van der Waals surface area (Å²) in [5.74, 6) is 0. The Balaban J connectivity index is 3.58. The number of hydrogen-bond donors (Lipinski definition) is 2. The van der Waals surface area contributed by atoms with E-state index in [1.807, 2.05) is 6.55 Å². The van der Waals surface area contributed by atoms with Gasteiger partial charge in [-0.1, -0.05) is 32.4 Å². The molecule has 3 heteroatoms. The van der Waals surface area contributed by atoms with Gasteiger partial charge in [0.05, 0.1) is 0 Å². The SMILES string of the molecule is CCCC[Si](C)(CO)CO. The molecule has 0 radical (unpaired) electrons. The van der Waals surface area contributed by atoms with Crippen LogP contribution >= 0.6 is 0 Å². The van der Waals surface area contributed by atoms with Crippen LogP contribution in [0.4, 0.5) is 0 Å². The highest BCUT2D eigenvalue weighted by Gasteiger charge is 2.24. The quantitative estimate of drug-likeness (QED) is 0.590. The molecule has 0 aliphatic carbocycles. The molecule has 0 bridgehead atoms. The molecule has 0 aromatic heterocycles. The van der Waals surface area contributed by atoms with Crippen LogP contribution in [0.25, 0.3) is 0 Å². The lowest BCUT2D eigenvalue weighted by atomic mass is 10.4. The van der Waals surface area contributed by atoms with E-state index >= 15 is 0 Å². The lowest BCUT2D eigenvalue weighted by Gasteiger charge is -2.20. The van der Waals surface area contributed by atoms with Crippen LogP contribution in [0, 0.1) is 0 Å². The summed E-state index contributed by atoms with van der Waals surface area (Å²) >= 11 is 0. The molecule has 2 nitrogen and oxygen atoms in total. The van der Waals surface area contributed by atoms with Gasteiger partial charge in [-0.25, -0.2) is 0 Å². The van der Waals surface area contributed by atoms with Crippen molar-refractivity contribution in [3.8, 4) is 0 Å². The molecule has 0 unspecified atom stereocenters. The molecule has 0 fully saturated rings. The minimum absolute atomic E-state index is 0.226. The van der Waals surface area contributed by atoms with Crippen LogP contribution in [0.2, 0.25) is 12.6 Å². The molecular formula is C7H18O2Si. The number of rotatable bonds is 5. The molecule has 0 rings (SSSR count). The molecule has 0 heterocycles. The zero-order valence-corrected chi connectivity index (χ0v) is 7.93. The Kier molecular flexibility index (Phi) is 4.94. The Morgan fingerprint density at radius 1 is 1.20 bits per heavy atom. The summed E-state index contributed by atoms with van der Waals surface area (Å²) < 4.78 is 0. The van der Waals surface area contributed by atoms with Crippen molar-refractivity contribution < 1.29 is 10.2 Å². The lowest BCUT2D eigenvalue weighted by Crippen LogP contribution is -2.40. The maximum absolute atomic E-state index is 8.91. The first-order valence-electron chi connectivity index (χ1n) is 3.90. The molecule has 0 aliphatic heterocycles. The van der Waals surface area contributed by atoms with Crippen LogP contribution < -0.4 is 0 Å². The van der Waals surface area contributed by atoms with E-state index < -0.39 is 8.07 Å². The molecular weight excluding hydrogens is 144 g/mol. The highest BCUT2D eigenvalue weighted by Crippen LogP contribution is 2.11. The topological polar surface area (TPSA) is 40.5 Å². The largest absolute Gasteiger partial charge is 0.400 e. The highest BCUT2D eigenvalue weighted by molar-refractivity contribution is 6.78. The van der Waals surface area contributed by atoms with Crippen molar-refractivity contribution in [2.75, 3.05) is 12.5 Å². The average molecular weight is 162 g/mol. The van der Waals surface area contributed by atoms with Gasteiger partial charge >= 0.3 is 0 Å². The minimum Gasteiger partial charge on any atom is -0.400 e. The Bertz CT molecular complexity index is 81.7. The third kappa shape index (κ3) is 3.34. The number of unbranched alkanes of at least 4 members (excludes halogenated alkanes) is 1. The van der Waals surface area contributed by atoms with Crippen molar-refractivity contribution in [2.45, 2.75) is 32.4 Å². The molecule has 0 aliphatic rings. The van der Waals surface area contributed by atoms with Crippen LogP contribution in [0.5, 0.6) is 0 Å². The third-order valence-corrected chi connectivity index (χ3v) is 4.98. The van der Waals surface area contributed by atoms with Gasteiger partial charge in [-0.2, -0.15) is 0 Å².